The zero-order valence-corrected chi connectivity index (χ0v) is 13.8. The van der Waals surface area contributed by atoms with Crippen molar-refractivity contribution in [3.8, 4) is 5.75 Å². The van der Waals surface area contributed by atoms with Crippen molar-refractivity contribution in [3.05, 3.63) is 39.7 Å². The molecule has 1 aromatic carbocycles. The molecule has 20 heavy (non-hydrogen) atoms. The molecule has 3 N–H and O–H groups in total. The number of rotatable bonds is 5. The van der Waals surface area contributed by atoms with Crippen LogP contribution >= 0.6 is 27.3 Å². The standard InChI is InChI=1S/C12H13BrN2O3S2/c1-18-11-3-2-8(6-10(11)14)7-15-20(16,17)12-9(13)4-5-19-12/h2-6,15H,7,14H2,1H3. The van der Waals surface area contributed by atoms with E-state index in [-0.39, 0.29) is 10.8 Å². The second-order valence-corrected chi connectivity index (χ2v) is 7.69. The molecular weight excluding hydrogens is 364 g/mol. The van der Waals surface area contributed by atoms with Gasteiger partial charge in [-0.2, -0.15) is 0 Å². The molecule has 0 spiro atoms. The molecule has 2 aromatic rings. The minimum atomic E-state index is -3.52. The van der Waals surface area contributed by atoms with E-state index in [1.165, 1.54) is 7.11 Å². The minimum Gasteiger partial charge on any atom is -0.495 e. The quantitative estimate of drug-likeness (QED) is 0.785. The maximum atomic E-state index is 12.1. The Hall–Kier alpha value is -1.09. The summed E-state index contributed by atoms with van der Waals surface area (Å²) in [5.41, 5.74) is 7.02. The van der Waals surface area contributed by atoms with Gasteiger partial charge in [-0.05, 0) is 45.1 Å². The van der Waals surface area contributed by atoms with Crippen LogP contribution in [0.1, 0.15) is 5.56 Å². The van der Waals surface area contributed by atoms with Crippen molar-refractivity contribution >= 4 is 43.0 Å². The maximum Gasteiger partial charge on any atom is 0.251 e. The number of halogens is 1. The summed E-state index contributed by atoms with van der Waals surface area (Å²) in [7, 11) is -1.99. The number of benzene rings is 1. The highest BCUT2D eigenvalue weighted by Crippen LogP contribution is 2.28. The zero-order valence-electron chi connectivity index (χ0n) is 10.6. The van der Waals surface area contributed by atoms with E-state index in [1.807, 2.05) is 0 Å². The molecule has 0 atom stereocenters. The van der Waals surface area contributed by atoms with Gasteiger partial charge in [-0.3, -0.25) is 0 Å². The fourth-order valence-corrected chi connectivity index (χ4v) is 5.01. The zero-order chi connectivity index (χ0) is 14.8. The van der Waals surface area contributed by atoms with E-state index in [9.17, 15) is 8.42 Å². The molecule has 2 rings (SSSR count). The Labute approximate surface area is 129 Å². The average molecular weight is 377 g/mol. The largest absolute Gasteiger partial charge is 0.495 e. The minimum absolute atomic E-state index is 0.168. The number of methoxy groups -OCH3 is 1. The molecule has 0 aliphatic carbocycles. The van der Waals surface area contributed by atoms with E-state index < -0.39 is 10.0 Å². The topological polar surface area (TPSA) is 81.4 Å². The Kier molecular flexibility index (Phi) is 4.69. The number of nitrogens with one attached hydrogen (secondary N) is 1. The van der Waals surface area contributed by atoms with Gasteiger partial charge in [0.25, 0.3) is 10.0 Å². The monoisotopic (exact) mass is 376 g/mol. The van der Waals surface area contributed by atoms with E-state index in [2.05, 4.69) is 20.7 Å². The molecule has 0 amide bonds. The highest BCUT2D eigenvalue weighted by molar-refractivity contribution is 9.10. The van der Waals surface area contributed by atoms with Crippen molar-refractivity contribution in [1.82, 2.24) is 4.72 Å². The SMILES string of the molecule is COc1ccc(CNS(=O)(=O)c2sccc2Br)cc1N. The molecule has 0 saturated carbocycles. The predicted molar refractivity (Wildman–Crippen MR) is 83.5 cm³/mol. The number of hydrogen-bond acceptors (Lipinski definition) is 5. The first-order valence-corrected chi connectivity index (χ1v) is 8.74. The molecule has 0 aliphatic rings. The Morgan fingerprint density at radius 2 is 2.15 bits per heavy atom. The summed E-state index contributed by atoms with van der Waals surface area (Å²) in [5.74, 6) is 0.567. The van der Waals surface area contributed by atoms with Gasteiger partial charge in [0.2, 0.25) is 0 Å². The maximum absolute atomic E-state index is 12.1. The number of nitrogens with two attached hydrogens (primary N) is 1. The number of ether oxygens (including phenoxy) is 1. The van der Waals surface area contributed by atoms with Crippen LogP contribution in [0.2, 0.25) is 0 Å². The summed E-state index contributed by atoms with van der Waals surface area (Å²) in [6, 6.07) is 6.86. The van der Waals surface area contributed by atoms with Crippen LogP contribution in [0, 0.1) is 0 Å². The molecule has 0 fully saturated rings. The molecule has 108 valence electrons. The van der Waals surface area contributed by atoms with Gasteiger partial charge in [0.15, 0.2) is 0 Å². The van der Waals surface area contributed by atoms with Crippen molar-refractivity contribution < 1.29 is 13.2 Å². The average Bonchev–Trinajstić information content (AvgIpc) is 2.84. The van der Waals surface area contributed by atoms with Gasteiger partial charge >= 0.3 is 0 Å². The van der Waals surface area contributed by atoms with Gasteiger partial charge < -0.3 is 10.5 Å². The van der Waals surface area contributed by atoms with Crippen LogP contribution in [0.5, 0.6) is 5.75 Å². The van der Waals surface area contributed by atoms with Crippen LogP contribution in [0.3, 0.4) is 0 Å². The van der Waals surface area contributed by atoms with Crippen LogP contribution in [-0.4, -0.2) is 15.5 Å². The van der Waals surface area contributed by atoms with E-state index in [4.69, 9.17) is 10.5 Å². The third kappa shape index (κ3) is 3.32. The third-order valence-corrected chi connectivity index (χ3v) is 6.66. The summed E-state index contributed by atoms with van der Waals surface area (Å²) in [5, 5.41) is 1.71. The fraction of sp³-hybridized carbons (Fsp3) is 0.167. The van der Waals surface area contributed by atoms with E-state index in [0.717, 1.165) is 16.9 Å². The molecule has 0 unspecified atom stereocenters. The lowest BCUT2D eigenvalue weighted by molar-refractivity contribution is 0.417. The highest BCUT2D eigenvalue weighted by Gasteiger charge is 2.18. The first-order valence-electron chi connectivity index (χ1n) is 5.59. The second-order valence-electron chi connectivity index (χ2n) is 3.96. The summed E-state index contributed by atoms with van der Waals surface area (Å²) < 4.78 is 32.6. The van der Waals surface area contributed by atoms with Crippen LogP contribution in [0.15, 0.2) is 38.3 Å². The highest BCUT2D eigenvalue weighted by atomic mass is 79.9. The molecule has 0 radical (unpaired) electrons. The van der Waals surface area contributed by atoms with Gasteiger partial charge in [0.1, 0.15) is 9.96 Å². The Bertz CT molecular complexity index is 713. The van der Waals surface area contributed by atoms with Gasteiger partial charge in [0, 0.05) is 11.0 Å². The van der Waals surface area contributed by atoms with E-state index in [1.54, 1.807) is 29.6 Å². The van der Waals surface area contributed by atoms with Gasteiger partial charge in [-0.1, -0.05) is 6.07 Å². The number of anilines is 1. The summed E-state index contributed by atoms with van der Waals surface area (Å²) in [6.07, 6.45) is 0. The molecule has 5 nitrogen and oxygen atoms in total. The Morgan fingerprint density at radius 1 is 1.40 bits per heavy atom. The lowest BCUT2D eigenvalue weighted by Crippen LogP contribution is -2.22. The van der Waals surface area contributed by atoms with E-state index in [0.29, 0.717) is 15.9 Å². The first-order chi connectivity index (χ1) is 9.44. The molecule has 1 heterocycles. The Morgan fingerprint density at radius 3 is 2.70 bits per heavy atom. The smallest absolute Gasteiger partial charge is 0.251 e. The number of hydrogen-bond donors (Lipinski definition) is 2. The third-order valence-electron chi connectivity index (χ3n) is 2.59. The van der Waals surface area contributed by atoms with Crippen LogP contribution in [0.4, 0.5) is 5.69 Å². The number of nitrogen functional groups attached to an aromatic ring is 1. The molecule has 8 heteroatoms. The van der Waals surface area contributed by atoms with Crippen LogP contribution < -0.4 is 15.2 Å². The Balaban J connectivity index is 2.13. The van der Waals surface area contributed by atoms with Gasteiger partial charge in [-0.25, -0.2) is 13.1 Å². The molecular formula is C12H13BrN2O3S2. The first kappa shape index (κ1) is 15.3. The van der Waals surface area contributed by atoms with Crippen LogP contribution in [0.25, 0.3) is 0 Å². The van der Waals surface area contributed by atoms with Crippen molar-refractivity contribution in [2.75, 3.05) is 12.8 Å². The van der Waals surface area contributed by atoms with Crippen molar-refractivity contribution in [2.45, 2.75) is 10.8 Å². The number of sulfonamides is 1. The summed E-state index contributed by atoms with van der Waals surface area (Å²) in [6.45, 7) is 0.168. The lowest BCUT2D eigenvalue weighted by Gasteiger charge is -2.08. The molecule has 0 bridgehead atoms. The fourth-order valence-electron chi connectivity index (χ4n) is 1.61. The molecule has 0 saturated heterocycles. The van der Waals surface area contributed by atoms with Crippen molar-refractivity contribution in [1.29, 1.82) is 0 Å². The normalized spacial score (nSPS) is 11.5. The summed E-state index contributed by atoms with van der Waals surface area (Å²) in [4.78, 5) is 0. The molecule has 0 aliphatic heterocycles. The predicted octanol–water partition coefficient (Wildman–Crippen LogP) is 2.58. The van der Waals surface area contributed by atoms with E-state index >= 15 is 0 Å². The van der Waals surface area contributed by atoms with Gasteiger partial charge in [0.05, 0.1) is 12.8 Å². The van der Waals surface area contributed by atoms with Gasteiger partial charge in [-0.15, -0.1) is 11.3 Å². The van der Waals surface area contributed by atoms with Crippen molar-refractivity contribution in [3.63, 3.8) is 0 Å². The van der Waals surface area contributed by atoms with Crippen LogP contribution in [-0.2, 0) is 16.6 Å². The second kappa shape index (κ2) is 6.13. The molecule has 1 aromatic heterocycles. The lowest BCUT2D eigenvalue weighted by atomic mass is 10.2. The van der Waals surface area contributed by atoms with Crippen molar-refractivity contribution in [2.24, 2.45) is 0 Å². The summed E-state index contributed by atoms with van der Waals surface area (Å²) >= 11 is 4.37. The number of thiophene rings is 1.